The Morgan fingerprint density at radius 1 is 1.15 bits per heavy atom. The first kappa shape index (κ1) is 8.67. The van der Waals surface area contributed by atoms with E-state index in [1.165, 1.54) is 31.4 Å². The molecule has 1 aromatic rings. The first-order valence-electron chi connectivity index (χ1n) is 5.08. The summed E-state index contributed by atoms with van der Waals surface area (Å²) in [4.78, 5) is 8.80. The predicted octanol–water partition coefficient (Wildman–Crippen LogP) is 2.75. The van der Waals surface area contributed by atoms with Gasteiger partial charge in [-0.3, -0.25) is 0 Å². The van der Waals surface area contributed by atoms with Gasteiger partial charge in [0.1, 0.15) is 5.82 Å². The van der Waals surface area contributed by atoms with Crippen molar-refractivity contribution in [2.45, 2.75) is 45.4 Å². The van der Waals surface area contributed by atoms with Crippen LogP contribution in [-0.2, 0) is 0 Å². The van der Waals surface area contributed by atoms with Crippen LogP contribution in [0.2, 0.25) is 0 Å². The van der Waals surface area contributed by atoms with E-state index in [-0.39, 0.29) is 0 Å². The van der Waals surface area contributed by atoms with E-state index in [0.717, 1.165) is 11.5 Å². The van der Waals surface area contributed by atoms with Crippen LogP contribution < -0.4 is 0 Å². The molecule has 1 aliphatic carbocycles. The number of aromatic nitrogens is 2. The van der Waals surface area contributed by atoms with Gasteiger partial charge in [0.15, 0.2) is 0 Å². The van der Waals surface area contributed by atoms with Gasteiger partial charge in [0.25, 0.3) is 0 Å². The van der Waals surface area contributed by atoms with E-state index in [0.29, 0.717) is 5.92 Å². The molecule has 1 heterocycles. The summed E-state index contributed by atoms with van der Waals surface area (Å²) in [6.07, 6.45) is 5.37. The van der Waals surface area contributed by atoms with Crippen molar-refractivity contribution in [2.24, 2.45) is 0 Å². The maximum absolute atomic E-state index is 4.50. The largest absolute Gasteiger partial charge is 0.239 e. The molecule has 1 saturated carbocycles. The third-order valence-corrected chi connectivity index (χ3v) is 2.76. The monoisotopic (exact) mass is 176 g/mol. The summed E-state index contributed by atoms with van der Waals surface area (Å²) in [5, 5.41) is 0. The van der Waals surface area contributed by atoms with E-state index in [2.05, 4.69) is 16.0 Å². The molecule has 2 rings (SSSR count). The molecular formula is C11H16N2. The van der Waals surface area contributed by atoms with Crippen molar-refractivity contribution in [3.8, 4) is 0 Å². The van der Waals surface area contributed by atoms with Crippen LogP contribution in [0.1, 0.15) is 48.8 Å². The summed E-state index contributed by atoms with van der Waals surface area (Å²) in [5.41, 5.74) is 2.37. The lowest BCUT2D eigenvalue weighted by molar-refractivity contribution is 0.686. The first-order chi connectivity index (χ1) is 6.25. The Balaban J connectivity index is 2.28. The van der Waals surface area contributed by atoms with Crippen LogP contribution in [0, 0.1) is 13.8 Å². The van der Waals surface area contributed by atoms with Gasteiger partial charge in [0, 0.05) is 17.3 Å². The highest BCUT2D eigenvalue weighted by Gasteiger charge is 2.18. The van der Waals surface area contributed by atoms with E-state index in [1.807, 2.05) is 13.8 Å². The molecule has 0 unspecified atom stereocenters. The Kier molecular flexibility index (Phi) is 2.30. The van der Waals surface area contributed by atoms with Crippen molar-refractivity contribution in [3.05, 3.63) is 23.3 Å². The molecule has 1 fully saturated rings. The molecule has 0 atom stereocenters. The van der Waals surface area contributed by atoms with Crippen molar-refractivity contribution < 1.29 is 0 Å². The molecular weight excluding hydrogens is 160 g/mol. The molecule has 0 aliphatic heterocycles. The van der Waals surface area contributed by atoms with Gasteiger partial charge in [-0.25, -0.2) is 9.97 Å². The number of rotatable bonds is 1. The van der Waals surface area contributed by atoms with Crippen LogP contribution in [0.25, 0.3) is 0 Å². The SMILES string of the molecule is Cc1cc(C2CCCC2)nc(C)n1. The normalized spacial score (nSPS) is 18.0. The Bertz CT molecular complexity index is 281. The highest BCUT2D eigenvalue weighted by atomic mass is 14.9. The van der Waals surface area contributed by atoms with Gasteiger partial charge in [-0.1, -0.05) is 12.8 Å². The van der Waals surface area contributed by atoms with Gasteiger partial charge < -0.3 is 0 Å². The van der Waals surface area contributed by atoms with Crippen LogP contribution in [0.5, 0.6) is 0 Å². The molecule has 0 aromatic carbocycles. The van der Waals surface area contributed by atoms with Crippen LogP contribution >= 0.6 is 0 Å². The summed E-state index contributed by atoms with van der Waals surface area (Å²) in [5.74, 6) is 1.63. The van der Waals surface area contributed by atoms with Crippen LogP contribution in [-0.4, -0.2) is 9.97 Å². The van der Waals surface area contributed by atoms with Crippen LogP contribution in [0.3, 0.4) is 0 Å². The van der Waals surface area contributed by atoms with Gasteiger partial charge in [-0.05, 0) is 32.8 Å². The van der Waals surface area contributed by atoms with Gasteiger partial charge in [0.05, 0.1) is 0 Å². The lowest BCUT2D eigenvalue weighted by Gasteiger charge is -2.09. The minimum Gasteiger partial charge on any atom is -0.239 e. The summed E-state index contributed by atoms with van der Waals surface area (Å²) in [6.45, 7) is 4.03. The predicted molar refractivity (Wildman–Crippen MR) is 52.7 cm³/mol. The second kappa shape index (κ2) is 3.44. The first-order valence-corrected chi connectivity index (χ1v) is 5.08. The van der Waals surface area contributed by atoms with Gasteiger partial charge in [-0.15, -0.1) is 0 Å². The summed E-state index contributed by atoms with van der Waals surface area (Å²) in [7, 11) is 0. The fourth-order valence-electron chi connectivity index (χ4n) is 2.18. The molecule has 1 aliphatic rings. The zero-order valence-electron chi connectivity index (χ0n) is 8.38. The maximum Gasteiger partial charge on any atom is 0.125 e. The second-order valence-electron chi connectivity index (χ2n) is 3.96. The number of hydrogen-bond acceptors (Lipinski definition) is 2. The minimum absolute atomic E-state index is 0.709. The quantitative estimate of drug-likeness (QED) is 0.657. The lowest BCUT2D eigenvalue weighted by Crippen LogP contribution is -2.01. The number of aryl methyl sites for hydroxylation is 2. The van der Waals surface area contributed by atoms with E-state index in [4.69, 9.17) is 0 Å². The summed E-state index contributed by atoms with van der Waals surface area (Å²) < 4.78 is 0. The third kappa shape index (κ3) is 1.87. The number of nitrogens with zero attached hydrogens (tertiary/aromatic N) is 2. The third-order valence-electron chi connectivity index (χ3n) is 2.76. The van der Waals surface area contributed by atoms with Crippen molar-refractivity contribution in [2.75, 3.05) is 0 Å². The van der Waals surface area contributed by atoms with Crippen molar-refractivity contribution >= 4 is 0 Å². The molecule has 13 heavy (non-hydrogen) atoms. The van der Waals surface area contributed by atoms with Gasteiger partial charge in [-0.2, -0.15) is 0 Å². The molecule has 70 valence electrons. The van der Waals surface area contributed by atoms with E-state index in [1.54, 1.807) is 0 Å². The van der Waals surface area contributed by atoms with Gasteiger partial charge >= 0.3 is 0 Å². The molecule has 2 nitrogen and oxygen atoms in total. The van der Waals surface area contributed by atoms with E-state index < -0.39 is 0 Å². The smallest absolute Gasteiger partial charge is 0.125 e. The zero-order valence-corrected chi connectivity index (χ0v) is 8.38. The molecule has 0 amide bonds. The lowest BCUT2D eigenvalue weighted by atomic mass is 10.0. The maximum atomic E-state index is 4.50. The van der Waals surface area contributed by atoms with E-state index >= 15 is 0 Å². The molecule has 0 spiro atoms. The average molecular weight is 176 g/mol. The summed E-state index contributed by atoms with van der Waals surface area (Å²) in [6, 6.07) is 2.14. The highest BCUT2D eigenvalue weighted by Crippen LogP contribution is 2.32. The van der Waals surface area contributed by atoms with Crippen molar-refractivity contribution in [3.63, 3.8) is 0 Å². The molecule has 2 heteroatoms. The van der Waals surface area contributed by atoms with Crippen LogP contribution in [0.4, 0.5) is 0 Å². The average Bonchev–Trinajstić information content (AvgIpc) is 2.53. The zero-order chi connectivity index (χ0) is 9.26. The Labute approximate surface area is 79.4 Å². The fraction of sp³-hybridized carbons (Fsp3) is 0.636. The molecule has 0 saturated heterocycles. The standard InChI is InChI=1S/C11H16N2/c1-8-7-11(13-9(2)12-8)10-5-3-4-6-10/h7,10H,3-6H2,1-2H3. The van der Waals surface area contributed by atoms with Crippen molar-refractivity contribution in [1.29, 1.82) is 0 Å². The van der Waals surface area contributed by atoms with Crippen molar-refractivity contribution in [1.82, 2.24) is 9.97 Å². The minimum atomic E-state index is 0.709. The molecule has 0 radical (unpaired) electrons. The van der Waals surface area contributed by atoms with Crippen LogP contribution in [0.15, 0.2) is 6.07 Å². The van der Waals surface area contributed by atoms with E-state index in [9.17, 15) is 0 Å². The molecule has 0 N–H and O–H groups in total. The topological polar surface area (TPSA) is 25.8 Å². The number of hydrogen-bond donors (Lipinski definition) is 0. The highest BCUT2D eigenvalue weighted by molar-refractivity contribution is 5.14. The fourth-order valence-corrected chi connectivity index (χ4v) is 2.18. The Hall–Kier alpha value is -0.920. The van der Waals surface area contributed by atoms with Gasteiger partial charge in [0.2, 0.25) is 0 Å². The molecule has 1 aromatic heterocycles. The Morgan fingerprint density at radius 2 is 1.85 bits per heavy atom. The molecule has 0 bridgehead atoms. The Morgan fingerprint density at radius 3 is 2.46 bits per heavy atom. The second-order valence-corrected chi connectivity index (χ2v) is 3.96. The summed E-state index contributed by atoms with van der Waals surface area (Å²) >= 11 is 0.